The molecule has 156 valence electrons. The van der Waals surface area contributed by atoms with Crippen molar-refractivity contribution in [2.75, 3.05) is 13.1 Å². The highest BCUT2D eigenvalue weighted by atomic mass is 79.9. The Kier molecular flexibility index (Phi) is 5.97. The first-order valence-corrected chi connectivity index (χ1v) is 10.6. The second kappa shape index (κ2) is 8.65. The summed E-state index contributed by atoms with van der Waals surface area (Å²) in [6.07, 6.45) is 3.38. The molecule has 0 spiro atoms. The minimum absolute atomic E-state index is 0.0229. The van der Waals surface area contributed by atoms with E-state index in [1.54, 1.807) is 12.2 Å². The van der Waals surface area contributed by atoms with Crippen LogP contribution in [0.25, 0.3) is 17.1 Å². The molecule has 0 aliphatic carbocycles. The minimum atomic E-state index is -0.228. The molecule has 2 aromatic carbocycles. The summed E-state index contributed by atoms with van der Waals surface area (Å²) < 4.78 is 18.7. The highest BCUT2D eigenvalue weighted by molar-refractivity contribution is 9.10. The Labute approximate surface area is 182 Å². The van der Waals surface area contributed by atoms with Crippen LogP contribution < -0.4 is 0 Å². The van der Waals surface area contributed by atoms with Crippen molar-refractivity contribution in [3.05, 3.63) is 63.9 Å². The fraction of sp³-hybridized carbons (Fsp3) is 0.318. The average molecular weight is 473 g/mol. The first-order valence-electron chi connectivity index (χ1n) is 9.79. The number of halogens is 2. The van der Waals surface area contributed by atoms with Crippen LogP contribution in [0.4, 0.5) is 4.39 Å². The van der Waals surface area contributed by atoms with E-state index in [2.05, 4.69) is 45.0 Å². The highest BCUT2D eigenvalue weighted by Gasteiger charge is 2.31. The lowest BCUT2D eigenvalue weighted by Crippen LogP contribution is -2.57. The van der Waals surface area contributed by atoms with E-state index in [1.165, 1.54) is 12.1 Å². The molecule has 8 heteroatoms. The van der Waals surface area contributed by atoms with Crippen LogP contribution in [-0.2, 0) is 11.3 Å². The number of aromatic nitrogens is 2. The number of hydrogen-bond acceptors (Lipinski definition) is 5. The Hall–Kier alpha value is -2.58. The molecule has 0 saturated carbocycles. The average Bonchev–Trinajstić information content (AvgIpc) is 3.19. The number of amides is 1. The summed E-state index contributed by atoms with van der Waals surface area (Å²) in [4.78, 5) is 17.1. The van der Waals surface area contributed by atoms with E-state index in [0.29, 0.717) is 17.6 Å². The lowest BCUT2D eigenvalue weighted by atomic mass is 10.1. The normalized spacial score (nSPS) is 20.3. The second-order valence-corrected chi connectivity index (χ2v) is 8.57. The molecule has 0 radical (unpaired) electrons. The van der Waals surface area contributed by atoms with Gasteiger partial charge in [0.15, 0.2) is 0 Å². The molecule has 1 amide bonds. The molecule has 1 fully saturated rings. The van der Waals surface area contributed by atoms with Crippen molar-refractivity contribution in [3.63, 3.8) is 0 Å². The summed E-state index contributed by atoms with van der Waals surface area (Å²) >= 11 is 3.45. The number of fused-ring (bicyclic) bond motifs is 1. The quantitative estimate of drug-likeness (QED) is 0.530. The van der Waals surface area contributed by atoms with Crippen molar-refractivity contribution < 1.29 is 13.8 Å². The summed E-state index contributed by atoms with van der Waals surface area (Å²) in [6, 6.07) is 10.6. The third-order valence-electron chi connectivity index (χ3n) is 5.45. The zero-order valence-electron chi connectivity index (χ0n) is 16.8. The van der Waals surface area contributed by atoms with Crippen molar-refractivity contribution >= 4 is 38.9 Å². The van der Waals surface area contributed by atoms with Gasteiger partial charge in [-0.1, -0.05) is 12.1 Å². The first-order chi connectivity index (χ1) is 14.4. The topological polar surface area (TPSA) is 62.5 Å². The fourth-order valence-electron chi connectivity index (χ4n) is 3.78. The summed E-state index contributed by atoms with van der Waals surface area (Å²) in [5, 5.41) is 7.69. The van der Waals surface area contributed by atoms with Crippen molar-refractivity contribution in [1.29, 1.82) is 0 Å². The predicted octanol–water partition coefficient (Wildman–Crippen LogP) is 4.26. The van der Waals surface area contributed by atoms with Crippen LogP contribution in [0.2, 0.25) is 0 Å². The van der Waals surface area contributed by atoms with Gasteiger partial charge in [0, 0.05) is 42.3 Å². The number of piperazine rings is 1. The lowest BCUT2D eigenvalue weighted by Gasteiger charge is -2.44. The van der Waals surface area contributed by atoms with E-state index in [1.807, 2.05) is 29.2 Å². The predicted molar refractivity (Wildman–Crippen MR) is 116 cm³/mol. The van der Waals surface area contributed by atoms with Gasteiger partial charge in [-0.25, -0.2) is 9.02 Å². The van der Waals surface area contributed by atoms with Crippen LogP contribution in [0.5, 0.6) is 0 Å². The Balaban J connectivity index is 1.42. The molecule has 2 heterocycles. The number of hydrogen-bond donors (Lipinski definition) is 0. The fourth-order valence-corrected chi connectivity index (χ4v) is 4.32. The van der Waals surface area contributed by atoms with Crippen LogP contribution in [0, 0.1) is 5.82 Å². The zero-order valence-corrected chi connectivity index (χ0v) is 18.3. The van der Waals surface area contributed by atoms with Gasteiger partial charge in [-0.3, -0.25) is 9.69 Å². The summed E-state index contributed by atoms with van der Waals surface area (Å²) in [5.41, 5.74) is 3.19. The summed E-state index contributed by atoms with van der Waals surface area (Å²) in [7, 11) is 0. The van der Waals surface area contributed by atoms with E-state index >= 15 is 0 Å². The van der Waals surface area contributed by atoms with Crippen LogP contribution in [0.3, 0.4) is 0 Å². The van der Waals surface area contributed by atoms with Gasteiger partial charge in [0.2, 0.25) is 5.91 Å². The van der Waals surface area contributed by atoms with Gasteiger partial charge in [-0.05, 0) is 81.6 Å². The number of carbonyl (C=O) groups is 1. The molecule has 2 atom stereocenters. The van der Waals surface area contributed by atoms with Crippen LogP contribution >= 0.6 is 15.9 Å². The maximum atomic E-state index is 13.1. The standard InChI is InChI=1S/C22H22BrFN4O2/c1-14-12-28(15(2)11-27(14)13-16-3-6-18(24)7-4-16)21(29)8-5-17-9-19(23)22-20(10-17)25-30-26-22/h3-10,14-15H,11-13H2,1-2H3/t14-,15+/m0/s1. The van der Waals surface area contributed by atoms with Crippen LogP contribution in [0.15, 0.2) is 51.6 Å². The third kappa shape index (κ3) is 4.44. The molecular weight excluding hydrogens is 451 g/mol. The van der Waals surface area contributed by atoms with Gasteiger partial charge in [0.05, 0.1) is 0 Å². The van der Waals surface area contributed by atoms with Gasteiger partial charge < -0.3 is 4.90 Å². The molecule has 30 heavy (non-hydrogen) atoms. The smallest absolute Gasteiger partial charge is 0.246 e. The molecular formula is C22H22BrFN4O2. The van der Waals surface area contributed by atoms with Crippen molar-refractivity contribution in [1.82, 2.24) is 20.1 Å². The Morgan fingerprint density at radius 2 is 1.97 bits per heavy atom. The number of nitrogens with zero attached hydrogens (tertiary/aromatic N) is 4. The molecule has 1 aromatic heterocycles. The van der Waals surface area contributed by atoms with Crippen molar-refractivity contribution in [3.8, 4) is 0 Å². The number of carbonyl (C=O) groups excluding carboxylic acids is 1. The molecule has 1 aliphatic rings. The van der Waals surface area contributed by atoms with Gasteiger partial charge in [0.25, 0.3) is 0 Å². The number of rotatable bonds is 4. The maximum Gasteiger partial charge on any atom is 0.246 e. The van der Waals surface area contributed by atoms with E-state index < -0.39 is 0 Å². The zero-order chi connectivity index (χ0) is 21.3. The molecule has 0 bridgehead atoms. The second-order valence-electron chi connectivity index (χ2n) is 7.71. The molecule has 1 saturated heterocycles. The Morgan fingerprint density at radius 3 is 2.73 bits per heavy atom. The number of benzene rings is 2. The van der Waals surface area contributed by atoms with Crippen LogP contribution in [0.1, 0.15) is 25.0 Å². The van der Waals surface area contributed by atoms with E-state index in [4.69, 9.17) is 4.63 Å². The summed E-state index contributed by atoms with van der Waals surface area (Å²) in [5.74, 6) is -0.251. The van der Waals surface area contributed by atoms with E-state index in [0.717, 1.165) is 28.7 Å². The highest BCUT2D eigenvalue weighted by Crippen LogP contribution is 2.24. The lowest BCUT2D eigenvalue weighted by molar-refractivity contribution is -0.131. The molecule has 0 unspecified atom stereocenters. The monoisotopic (exact) mass is 472 g/mol. The Morgan fingerprint density at radius 1 is 1.20 bits per heavy atom. The van der Waals surface area contributed by atoms with Crippen molar-refractivity contribution in [2.45, 2.75) is 32.5 Å². The Bertz CT molecular complexity index is 1080. The van der Waals surface area contributed by atoms with Crippen molar-refractivity contribution in [2.24, 2.45) is 0 Å². The van der Waals surface area contributed by atoms with Gasteiger partial charge >= 0.3 is 0 Å². The van der Waals surface area contributed by atoms with Crippen LogP contribution in [-0.4, -0.2) is 51.2 Å². The minimum Gasteiger partial charge on any atom is -0.334 e. The van der Waals surface area contributed by atoms with Gasteiger partial charge in [-0.15, -0.1) is 0 Å². The van der Waals surface area contributed by atoms with Gasteiger partial charge in [-0.2, -0.15) is 0 Å². The van der Waals surface area contributed by atoms with Gasteiger partial charge in [0.1, 0.15) is 16.9 Å². The maximum absolute atomic E-state index is 13.1. The molecule has 4 rings (SSSR count). The molecule has 6 nitrogen and oxygen atoms in total. The SMILES string of the molecule is C[C@@H]1CN(Cc2ccc(F)cc2)[C@@H](C)CN1C(=O)C=Cc1cc(Br)c2nonc2c1. The third-order valence-corrected chi connectivity index (χ3v) is 6.06. The molecule has 0 N–H and O–H groups in total. The first kappa shape index (κ1) is 20.7. The van der Waals surface area contributed by atoms with E-state index in [9.17, 15) is 9.18 Å². The molecule has 3 aromatic rings. The van der Waals surface area contributed by atoms with E-state index in [-0.39, 0.29) is 23.8 Å². The molecule has 1 aliphatic heterocycles. The summed E-state index contributed by atoms with van der Waals surface area (Å²) in [6.45, 7) is 6.31. The largest absolute Gasteiger partial charge is 0.334 e.